The third-order valence-corrected chi connectivity index (χ3v) is 21.6. The van der Waals surface area contributed by atoms with Crippen LogP contribution in [0.2, 0.25) is 0 Å². The minimum Gasteiger partial charge on any atom is -0.462 e. The predicted octanol–water partition coefficient (Wildman–Crippen LogP) is 13.2. The molecule has 0 spiro atoms. The number of carbonyl (C=O) groups is 2. The number of anilines is 1. The third-order valence-electron chi connectivity index (χ3n) is 18.3. The van der Waals surface area contributed by atoms with E-state index in [2.05, 4.69) is 40.2 Å². The molecule has 0 fully saturated rings. The van der Waals surface area contributed by atoms with Gasteiger partial charge in [0, 0.05) is 84.1 Å². The summed E-state index contributed by atoms with van der Waals surface area (Å²) >= 11 is 0. The average molecular weight is 1280 g/mol. The second kappa shape index (κ2) is 35.0. The number of sulfonamides is 1. The first-order valence-electron chi connectivity index (χ1n) is 34.1. The first-order chi connectivity index (χ1) is 42.6. The normalized spacial score (nSPS) is 16.2. The zero-order valence-electron chi connectivity index (χ0n) is 53.0. The number of fused-ring (bicyclic) bond motifs is 4. The fraction of sp³-hybridized carbons (Fsp3) is 0.691. The van der Waals surface area contributed by atoms with Crippen LogP contribution in [0.1, 0.15) is 253 Å². The van der Waals surface area contributed by atoms with Gasteiger partial charge in [-0.2, -0.15) is 8.42 Å². The van der Waals surface area contributed by atoms with Gasteiger partial charge in [0.25, 0.3) is 10.1 Å². The van der Waals surface area contributed by atoms with E-state index < -0.39 is 82.2 Å². The van der Waals surface area contributed by atoms with Gasteiger partial charge in [-0.1, -0.05) is 174 Å². The van der Waals surface area contributed by atoms with Crippen molar-refractivity contribution in [3.63, 3.8) is 0 Å². The van der Waals surface area contributed by atoms with Crippen molar-refractivity contribution < 1.29 is 63.7 Å². The molecule has 0 bridgehead atoms. The van der Waals surface area contributed by atoms with Gasteiger partial charge in [-0.15, -0.1) is 0 Å². The van der Waals surface area contributed by atoms with E-state index in [1.807, 2.05) is 0 Å². The number of aryl methyl sites for hydroxylation is 2. The number of nitrogens with one attached hydrogen (secondary N) is 1. The molecular weight excluding hydrogens is 1180 g/mol. The van der Waals surface area contributed by atoms with Crippen molar-refractivity contribution in [3.05, 3.63) is 74.3 Å². The van der Waals surface area contributed by atoms with Gasteiger partial charge in [-0.05, 0) is 81.2 Å². The zero-order chi connectivity index (χ0) is 62.4. The second-order valence-electron chi connectivity index (χ2n) is 25.3. The molecule has 0 saturated heterocycles. The molecule has 3 aromatic rings. The van der Waals surface area contributed by atoms with E-state index in [9.17, 15) is 40.4 Å². The first kappa shape index (κ1) is 69.7. The maximum absolute atomic E-state index is 14.0. The summed E-state index contributed by atoms with van der Waals surface area (Å²) in [7, 11) is -14.5. The average Bonchev–Trinajstić information content (AvgIpc) is 0.722. The lowest BCUT2D eigenvalue weighted by Gasteiger charge is -2.39. The Morgan fingerprint density at radius 3 is 1.78 bits per heavy atom. The Balaban J connectivity index is 0.875. The summed E-state index contributed by atoms with van der Waals surface area (Å²) in [6, 6.07) is 7.84. The number of rotatable bonds is 42. The number of carbonyl (C=O) groups excluding carboxylic acids is 2. The van der Waals surface area contributed by atoms with E-state index in [4.69, 9.17) is 23.3 Å². The van der Waals surface area contributed by atoms with Gasteiger partial charge in [0.15, 0.2) is 6.10 Å². The molecule has 0 aliphatic carbocycles. The van der Waals surface area contributed by atoms with Gasteiger partial charge in [-0.3, -0.25) is 23.2 Å². The van der Waals surface area contributed by atoms with E-state index >= 15 is 0 Å². The molecule has 1 unspecified atom stereocenters. The van der Waals surface area contributed by atoms with Crippen LogP contribution in [0.5, 0.6) is 11.5 Å². The maximum Gasteiger partial charge on any atom is 0.472 e. The van der Waals surface area contributed by atoms with Crippen molar-refractivity contribution in [3.8, 4) is 11.5 Å². The van der Waals surface area contributed by atoms with Crippen LogP contribution in [-0.4, -0.2) is 96.9 Å². The zero-order valence-corrected chi connectivity index (χ0v) is 55.6. The lowest BCUT2D eigenvalue weighted by Crippen LogP contribution is -2.45. The van der Waals surface area contributed by atoms with E-state index in [0.717, 1.165) is 151 Å². The lowest BCUT2D eigenvalue weighted by atomic mass is 9.82. The van der Waals surface area contributed by atoms with Crippen molar-refractivity contribution in [2.75, 3.05) is 57.4 Å². The number of phosphoric ester groups is 1. The number of ether oxygens (including phenoxy) is 3. The van der Waals surface area contributed by atoms with Crippen molar-refractivity contribution in [2.24, 2.45) is 0 Å². The number of esters is 2. The Bertz CT molecular complexity index is 3220. The molecule has 5 aliphatic rings. The largest absolute Gasteiger partial charge is 0.472 e. The van der Waals surface area contributed by atoms with Gasteiger partial charge in [0.05, 0.1) is 23.7 Å². The van der Waals surface area contributed by atoms with Crippen LogP contribution in [0.3, 0.4) is 0 Å². The minimum atomic E-state index is -5.08. The van der Waals surface area contributed by atoms with Crippen LogP contribution in [0.15, 0.2) is 40.1 Å². The van der Waals surface area contributed by atoms with Crippen molar-refractivity contribution in [1.82, 2.24) is 9.30 Å². The van der Waals surface area contributed by atoms with Gasteiger partial charge in [0.1, 0.15) is 36.1 Å². The molecule has 0 aromatic heterocycles. The highest BCUT2D eigenvalue weighted by Gasteiger charge is 2.38. The predicted molar refractivity (Wildman–Crippen MR) is 345 cm³/mol. The van der Waals surface area contributed by atoms with E-state index in [-0.39, 0.29) is 18.4 Å². The van der Waals surface area contributed by atoms with E-state index in [1.165, 1.54) is 132 Å². The highest BCUT2D eigenvalue weighted by atomic mass is 32.2. The Kier molecular flexibility index (Phi) is 27.7. The van der Waals surface area contributed by atoms with Gasteiger partial charge >= 0.3 is 19.8 Å². The van der Waals surface area contributed by atoms with Crippen LogP contribution in [0, 0.1) is 0 Å². The number of unbranched alkanes of at least 4 members (excludes halogenated alkanes) is 24. The molecule has 0 saturated carbocycles. The Labute approximate surface area is 525 Å². The Hall–Kier alpha value is -4.20. The summed E-state index contributed by atoms with van der Waals surface area (Å²) in [5.74, 6) is 0.290. The summed E-state index contributed by atoms with van der Waals surface area (Å²) in [4.78, 5) is 38.1. The third kappa shape index (κ3) is 20.1. The number of benzene rings is 3. The second-order valence-corrected chi connectivity index (χ2v) is 29.9. The molecule has 8 rings (SSSR count). The van der Waals surface area contributed by atoms with Crippen LogP contribution < -0.4 is 29.5 Å². The smallest absolute Gasteiger partial charge is 0.462 e. The molecule has 3 aromatic carbocycles. The number of nitrogens with zero attached hydrogens (tertiary/aromatic N) is 2. The van der Waals surface area contributed by atoms with Gasteiger partial charge < -0.3 is 24.0 Å². The van der Waals surface area contributed by atoms with Crippen LogP contribution in [-0.2, 0) is 78.5 Å². The SMILES string of the molecule is CCCCCCCCCCCCCCCC(=O)OC[C@H](COP(=O)(O)OCCNS(=O)(=O)c1ccc(C2=c3cc4c5c(c3Oc3c2cc2c6c3CCCN6CCC2)CCC[N+]=5CCC4)c(S(=O)(=O)O)c1)OC(=O)CCCCCCCCCCCCCCC. The summed E-state index contributed by atoms with van der Waals surface area (Å²) in [6.07, 6.45) is 36.2. The molecule has 5 heterocycles. The molecule has 17 nitrogen and oxygen atoms in total. The van der Waals surface area contributed by atoms with E-state index in [1.54, 1.807) is 0 Å². The van der Waals surface area contributed by atoms with Gasteiger partial charge in [-0.25, -0.2) is 22.3 Å². The van der Waals surface area contributed by atoms with Crippen LogP contribution >= 0.6 is 7.82 Å². The monoisotopic (exact) mass is 1280 g/mol. The Morgan fingerprint density at radius 2 is 1.18 bits per heavy atom. The van der Waals surface area contributed by atoms with Gasteiger partial charge in [0.2, 0.25) is 15.4 Å². The standard InChI is InChI=1S/C68H102N3O14PS2/c1-3-5-7-9-11-13-15-17-19-21-23-25-27-37-62(72)81-50-54(84-63(73)38-28-26-24-22-20-18-16-14-12-10-8-6-4-2)51-83-86(74,75)82-46-41-69-87(76,77)55-39-40-56(61(49-55)88(78,79)80)64-59-47-52-33-29-42-70-44-31-35-57(65(52)70)67(59)85-68-58-36-32-45-71-43-30-34-53(66(58)71)48-60(64)68/h39-40,47-49,54,69H,3-38,41-46,50-51H2,1-2H3,(H-,74,75,78,79,80)/p+1/t54-/m1/s1. The highest BCUT2D eigenvalue weighted by Crippen LogP contribution is 2.49. The molecular formula is C68H103N3O14PS2+. The lowest BCUT2D eigenvalue weighted by molar-refractivity contribution is -0.161. The van der Waals surface area contributed by atoms with Crippen molar-refractivity contribution in [2.45, 2.75) is 261 Å². The maximum atomic E-state index is 14.0. The fourth-order valence-corrected chi connectivity index (χ4v) is 16.3. The molecule has 0 radical (unpaired) electrons. The van der Waals surface area contributed by atoms with Crippen molar-refractivity contribution >= 4 is 51.2 Å². The van der Waals surface area contributed by atoms with Crippen molar-refractivity contribution in [1.29, 1.82) is 0 Å². The number of hydrogen-bond donors (Lipinski definition) is 3. The molecule has 2 atom stereocenters. The van der Waals surface area contributed by atoms with Crippen LogP contribution in [0.25, 0.3) is 5.57 Å². The molecule has 490 valence electrons. The number of hydrogen-bond acceptors (Lipinski definition) is 13. The minimum absolute atomic E-state index is 0.113. The van der Waals surface area contributed by atoms with E-state index in [0.29, 0.717) is 40.7 Å². The quantitative estimate of drug-likeness (QED) is 0.0123. The topological polar surface area (TPSA) is 224 Å². The molecule has 88 heavy (non-hydrogen) atoms. The molecule has 5 aliphatic heterocycles. The fourth-order valence-electron chi connectivity index (χ4n) is 13.7. The Morgan fingerprint density at radius 1 is 0.636 bits per heavy atom. The first-order valence-corrected chi connectivity index (χ1v) is 38.5. The highest BCUT2D eigenvalue weighted by molar-refractivity contribution is 7.89. The number of phosphoric acid groups is 1. The summed E-state index contributed by atoms with van der Waals surface area (Å²) in [5, 5.41) is 1.87. The molecule has 20 heteroatoms. The molecule has 3 N–H and O–H groups in total. The molecule has 0 amide bonds. The summed E-state index contributed by atoms with van der Waals surface area (Å²) in [6.45, 7) is 5.97. The summed E-state index contributed by atoms with van der Waals surface area (Å²) < 4.78 is 113. The van der Waals surface area contributed by atoms with Crippen LogP contribution in [0.4, 0.5) is 5.69 Å². The summed E-state index contributed by atoms with van der Waals surface area (Å²) in [5.41, 5.74) is 6.98.